The minimum absolute atomic E-state index is 0. The number of nitrogens with one attached hydrogen (secondary N) is 1. The van der Waals surface area contributed by atoms with E-state index < -0.39 is 12.1 Å². The highest BCUT2D eigenvalue weighted by atomic mass is 35.5. The topological polar surface area (TPSA) is 82.5 Å². The largest absolute Gasteiger partial charge is 0.386 e. The van der Waals surface area contributed by atoms with Gasteiger partial charge in [0.2, 0.25) is 11.8 Å². The van der Waals surface area contributed by atoms with Crippen molar-refractivity contribution in [3.05, 3.63) is 30.1 Å². The fourth-order valence-electron chi connectivity index (χ4n) is 2.38. The summed E-state index contributed by atoms with van der Waals surface area (Å²) in [6.45, 7) is 2.69. The molecule has 0 unspecified atom stereocenters. The zero-order chi connectivity index (χ0) is 14.5. The number of pyridine rings is 1. The van der Waals surface area contributed by atoms with Crippen molar-refractivity contribution < 1.29 is 14.7 Å². The molecule has 2 rings (SSSR count). The third-order valence-electron chi connectivity index (χ3n) is 3.41. The molecule has 116 valence electrons. The number of nitrogens with zero attached hydrogens (tertiary/aromatic N) is 2. The Labute approximate surface area is 130 Å². The van der Waals surface area contributed by atoms with Crippen molar-refractivity contribution in [2.24, 2.45) is 0 Å². The molecule has 2 amide bonds. The first-order valence-electron chi connectivity index (χ1n) is 6.73. The number of aliphatic hydroxyl groups excluding tert-OH is 1. The normalized spacial score (nSPS) is 16.8. The quantitative estimate of drug-likeness (QED) is 0.855. The van der Waals surface area contributed by atoms with E-state index in [1.54, 1.807) is 29.4 Å². The van der Waals surface area contributed by atoms with Crippen LogP contribution in [0.15, 0.2) is 24.5 Å². The summed E-state index contributed by atoms with van der Waals surface area (Å²) < 4.78 is 0. The van der Waals surface area contributed by atoms with Crippen molar-refractivity contribution in [3.63, 3.8) is 0 Å². The van der Waals surface area contributed by atoms with Crippen LogP contribution >= 0.6 is 12.4 Å². The Morgan fingerprint density at radius 2 is 1.86 bits per heavy atom. The standard InChI is InChI=1S/C14H19N3O3.ClH/c1-10(18)16-12(14(20)17-8-2-3-9-17)13(19)11-4-6-15-7-5-11;/h4-7,12-13,19H,2-3,8-9H2,1H3,(H,16,18);1H/t12-,13+;/m1./s1. The second-order valence-electron chi connectivity index (χ2n) is 4.94. The summed E-state index contributed by atoms with van der Waals surface area (Å²) in [6, 6.07) is 2.32. The lowest BCUT2D eigenvalue weighted by molar-refractivity contribution is -0.138. The van der Waals surface area contributed by atoms with Gasteiger partial charge in [0.05, 0.1) is 0 Å². The van der Waals surface area contributed by atoms with Crippen LogP contribution in [0.25, 0.3) is 0 Å². The van der Waals surface area contributed by atoms with Crippen LogP contribution in [0.2, 0.25) is 0 Å². The SMILES string of the molecule is CC(=O)N[C@@H](C(=O)N1CCCC1)[C@@H](O)c1ccncc1.Cl. The third-order valence-corrected chi connectivity index (χ3v) is 3.41. The van der Waals surface area contributed by atoms with Gasteiger partial charge in [0.25, 0.3) is 0 Å². The molecule has 0 aromatic carbocycles. The average molecular weight is 314 g/mol. The number of carbonyl (C=O) groups is 2. The molecule has 0 saturated carbocycles. The van der Waals surface area contributed by atoms with Gasteiger partial charge in [-0.1, -0.05) is 0 Å². The molecule has 21 heavy (non-hydrogen) atoms. The predicted molar refractivity (Wildman–Crippen MR) is 79.9 cm³/mol. The maximum Gasteiger partial charge on any atom is 0.248 e. The van der Waals surface area contributed by atoms with E-state index in [1.165, 1.54) is 6.92 Å². The van der Waals surface area contributed by atoms with Crippen LogP contribution < -0.4 is 5.32 Å². The Balaban J connectivity index is 0.00000220. The molecule has 0 radical (unpaired) electrons. The van der Waals surface area contributed by atoms with E-state index in [-0.39, 0.29) is 24.2 Å². The number of hydrogen-bond acceptors (Lipinski definition) is 4. The molecule has 6 nitrogen and oxygen atoms in total. The van der Waals surface area contributed by atoms with Gasteiger partial charge < -0.3 is 15.3 Å². The van der Waals surface area contributed by atoms with Crippen LogP contribution in [0.1, 0.15) is 31.4 Å². The average Bonchev–Trinajstić information content (AvgIpc) is 2.98. The summed E-state index contributed by atoms with van der Waals surface area (Å²) in [6.07, 6.45) is 3.94. The molecule has 2 N–H and O–H groups in total. The van der Waals surface area contributed by atoms with E-state index in [9.17, 15) is 14.7 Å². The summed E-state index contributed by atoms with van der Waals surface area (Å²) in [5.74, 6) is -0.572. The van der Waals surface area contributed by atoms with E-state index in [1.807, 2.05) is 0 Å². The Hall–Kier alpha value is -1.66. The van der Waals surface area contributed by atoms with Crippen LogP contribution in [0.4, 0.5) is 0 Å². The van der Waals surface area contributed by atoms with E-state index >= 15 is 0 Å². The molecule has 1 saturated heterocycles. The summed E-state index contributed by atoms with van der Waals surface area (Å²) >= 11 is 0. The summed E-state index contributed by atoms with van der Waals surface area (Å²) in [5, 5.41) is 12.9. The molecule has 0 bridgehead atoms. The second kappa shape index (κ2) is 7.95. The highest BCUT2D eigenvalue weighted by Gasteiger charge is 2.33. The smallest absolute Gasteiger partial charge is 0.248 e. The molecule has 1 aliphatic rings. The van der Waals surface area contributed by atoms with Crippen LogP contribution in [0.5, 0.6) is 0 Å². The van der Waals surface area contributed by atoms with Crippen molar-refractivity contribution in [2.45, 2.75) is 31.9 Å². The minimum Gasteiger partial charge on any atom is -0.386 e. The zero-order valence-electron chi connectivity index (χ0n) is 11.9. The maximum atomic E-state index is 12.4. The van der Waals surface area contributed by atoms with Crippen LogP contribution in [-0.2, 0) is 9.59 Å². The molecule has 0 spiro atoms. The summed E-state index contributed by atoms with van der Waals surface area (Å²) in [7, 11) is 0. The van der Waals surface area contributed by atoms with Crippen LogP contribution in [-0.4, -0.2) is 45.9 Å². The molecule has 1 aromatic rings. The van der Waals surface area contributed by atoms with Crippen molar-refractivity contribution >= 4 is 24.2 Å². The lowest BCUT2D eigenvalue weighted by atomic mass is 10.0. The molecule has 7 heteroatoms. The molecular formula is C14H20ClN3O3. The number of carbonyl (C=O) groups excluding carboxylic acids is 2. The van der Waals surface area contributed by atoms with Gasteiger partial charge in [0, 0.05) is 32.4 Å². The van der Waals surface area contributed by atoms with E-state index in [2.05, 4.69) is 10.3 Å². The Bertz CT molecular complexity index is 478. The predicted octanol–water partition coefficient (Wildman–Crippen LogP) is 0.664. The molecule has 1 aliphatic heterocycles. The van der Waals surface area contributed by atoms with Gasteiger partial charge in [-0.15, -0.1) is 12.4 Å². The number of aromatic nitrogens is 1. The number of halogens is 1. The summed E-state index contributed by atoms with van der Waals surface area (Å²) in [5.41, 5.74) is 0.561. The number of amides is 2. The van der Waals surface area contributed by atoms with Gasteiger partial charge in [0.15, 0.2) is 0 Å². The minimum atomic E-state index is -1.07. The first-order valence-corrected chi connectivity index (χ1v) is 6.73. The van der Waals surface area contributed by atoms with Gasteiger partial charge in [-0.2, -0.15) is 0 Å². The fraction of sp³-hybridized carbons (Fsp3) is 0.500. The van der Waals surface area contributed by atoms with Crippen LogP contribution in [0, 0.1) is 0 Å². The first-order chi connectivity index (χ1) is 9.59. The van der Waals surface area contributed by atoms with Gasteiger partial charge in [-0.25, -0.2) is 0 Å². The van der Waals surface area contributed by atoms with E-state index in [0.717, 1.165) is 12.8 Å². The fourth-order valence-corrected chi connectivity index (χ4v) is 2.38. The maximum absolute atomic E-state index is 12.4. The highest BCUT2D eigenvalue weighted by molar-refractivity contribution is 5.87. The van der Waals surface area contributed by atoms with E-state index in [4.69, 9.17) is 0 Å². The van der Waals surface area contributed by atoms with Crippen molar-refractivity contribution in [1.82, 2.24) is 15.2 Å². The lowest BCUT2D eigenvalue weighted by Crippen LogP contribution is -2.50. The first kappa shape index (κ1) is 17.4. The molecular weight excluding hydrogens is 294 g/mol. The number of aliphatic hydroxyl groups is 1. The Morgan fingerprint density at radius 3 is 2.38 bits per heavy atom. The van der Waals surface area contributed by atoms with Gasteiger partial charge in [-0.05, 0) is 30.5 Å². The zero-order valence-corrected chi connectivity index (χ0v) is 12.7. The third kappa shape index (κ3) is 4.41. The number of rotatable bonds is 4. The Kier molecular flexibility index (Phi) is 6.58. The highest BCUT2D eigenvalue weighted by Crippen LogP contribution is 2.19. The van der Waals surface area contributed by atoms with Gasteiger partial charge in [-0.3, -0.25) is 14.6 Å². The molecule has 2 heterocycles. The van der Waals surface area contributed by atoms with Gasteiger partial charge in [0.1, 0.15) is 12.1 Å². The lowest BCUT2D eigenvalue weighted by Gasteiger charge is -2.27. The monoisotopic (exact) mass is 313 g/mol. The van der Waals surface area contributed by atoms with Crippen LogP contribution in [0.3, 0.4) is 0 Å². The van der Waals surface area contributed by atoms with Gasteiger partial charge >= 0.3 is 0 Å². The Morgan fingerprint density at radius 1 is 1.29 bits per heavy atom. The second-order valence-corrected chi connectivity index (χ2v) is 4.94. The van der Waals surface area contributed by atoms with Crippen molar-refractivity contribution in [1.29, 1.82) is 0 Å². The molecule has 0 aliphatic carbocycles. The molecule has 1 aromatic heterocycles. The molecule has 2 atom stereocenters. The van der Waals surface area contributed by atoms with Crippen molar-refractivity contribution in [3.8, 4) is 0 Å². The number of likely N-dealkylation sites (tertiary alicyclic amines) is 1. The summed E-state index contributed by atoms with van der Waals surface area (Å²) in [4.78, 5) is 29.3. The molecule has 1 fully saturated rings. The van der Waals surface area contributed by atoms with E-state index in [0.29, 0.717) is 18.7 Å². The number of hydrogen-bond donors (Lipinski definition) is 2. The van der Waals surface area contributed by atoms with Crippen molar-refractivity contribution in [2.75, 3.05) is 13.1 Å².